The maximum Gasteiger partial charge on any atom is 0.137 e. The lowest BCUT2D eigenvalue weighted by molar-refractivity contribution is 0.580. The Morgan fingerprint density at radius 3 is 2.86 bits per heavy atom. The molecule has 3 aromatic rings. The van der Waals surface area contributed by atoms with E-state index in [-0.39, 0.29) is 0 Å². The zero-order valence-corrected chi connectivity index (χ0v) is 12.7. The van der Waals surface area contributed by atoms with Gasteiger partial charge in [0, 0.05) is 25.0 Å². The Morgan fingerprint density at radius 1 is 1.19 bits per heavy atom. The highest BCUT2D eigenvalue weighted by atomic mass is 35.5. The van der Waals surface area contributed by atoms with Crippen LogP contribution in [0.25, 0.3) is 5.65 Å². The summed E-state index contributed by atoms with van der Waals surface area (Å²) in [6, 6.07) is 4.16. The third-order valence-electron chi connectivity index (χ3n) is 3.07. The summed E-state index contributed by atoms with van der Waals surface area (Å²) in [6.07, 6.45) is 5.73. The second-order valence-corrected chi connectivity index (χ2v) is 5.72. The highest BCUT2D eigenvalue weighted by Gasteiger charge is 2.06. The molecule has 0 saturated carbocycles. The molecule has 7 heteroatoms. The molecular formula is C14H17ClN6. The minimum atomic E-state index is 0.429. The highest BCUT2D eigenvalue weighted by Crippen LogP contribution is 2.12. The summed E-state index contributed by atoms with van der Waals surface area (Å²) in [5.41, 5.74) is 2.72. The van der Waals surface area contributed by atoms with Crippen LogP contribution in [0.3, 0.4) is 0 Å². The van der Waals surface area contributed by atoms with Crippen LogP contribution in [0, 0.1) is 0 Å². The van der Waals surface area contributed by atoms with Gasteiger partial charge in [0.05, 0.1) is 29.2 Å². The normalized spacial score (nSPS) is 11.6. The standard InChI is InChI=1S/C14H17ClN6/c1-10(2)16-5-12-8-21(19-18-12)9-13-7-20-6-11(15)3-4-14(20)17-13/h3-4,6-8,10,16H,5,9H2,1-2H3. The first-order valence-electron chi connectivity index (χ1n) is 6.85. The van der Waals surface area contributed by atoms with Crippen LogP contribution in [0.1, 0.15) is 25.2 Å². The molecule has 0 aliphatic carbocycles. The fourth-order valence-electron chi connectivity index (χ4n) is 2.06. The third-order valence-corrected chi connectivity index (χ3v) is 3.29. The molecule has 0 spiro atoms. The molecule has 0 unspecified atom stereocenters. The van der Waals surface area contributed by atoms with Gasteiger partial charge in [-0.05, 0) is 12.1 Å². The number of halogens is 1. The Bertz CT molecular complexity index is 745. The van der Waals surface area contributed by atoms with Gasteiger partial charge in [-0.15, -0.1) is 5.10 Å². The van der Waals surface area contributed by atoms with E-state index >= 15 is 0 Å². The Kier molecular flexibility index (Phi) is 3.90. The summed E-state index contributed by atoms with van der Waals surface area (Å²) in [5.74, 6) is 0. The smallest absolute Gasteiger partial charge is 0.137 e. The monoisotopic (exact) mass is 304 g/mol. The SMILES string of the molecule is CC(C)NCc1cn(Cc2cn3cc(Cl)ccc3n2)nn1. The number of rotatable bonds is 5. The molecule has 1 N–H and O–H groups in total. The predicted molar refractivity (Wildman–Crippen MR) is 81.3 cm³/mol. The summed E-state index contributed by atoms with van der Waals surface area (Å²) in [4.78, 5) is 4.53. The van der Waals surface area contributed by atoms with Crippen LogP contribution in [-0.4, -0.2) is 30.4 Å². The van der Waals surface area contributed by atoms with E-state index in [0.717, 1.165) is 23.6 Å². The van der Waals surface area contributed by atoms with Gasteiger partial charge in [0.1, 0.15) is 5.65 Å². The lowest BCUT2D eigenvalue weighted by Crippen LogP contribution is -2.21. The lowest BCUT2D eigenvalue weighted by atomic mass is 10.3. The van der Waals surface area contributed by atoms with Gasteiger partial charge in [-0.2, -0.15) is 0 Å². The Hall–Kier alpha value is -1.92. The van der Waals surface area contributed by atoms with Gasteiger partial charge in [-0.25, -0.2) is 9.67 Å². The molecule has 3 heterocycles. The van der Waals surface area contributed by atoms with Crippen LogP contribution in [-0.2, 0) is 13.1 Å². The fourth-order valence-corrected chi connectivity index (χ4v) is 2.23. The van der Waals surface area contributed by atoms with Crippen molar-refractivity contribution in [1.82, 2.24) is 29.7 Å². The fraction of sp³-hybridized carbons (Fsp3) is 0.357. The van der Waals surface area contributed by atoms with Gasteiger partial charge in [0.2, 0.25) is 0 Å². The van der Waals surface area contributed by atoms with Crippen LogP contribution in [0.5, 0.6) is 0 Å². The molecule has 6 nitrogen and oxygen atoms in total. The molecule has 0 fully saturated rings. The maximum atomic E-state index is 5.97. The number of aromatic nitrogens is 5. The Balaban J connectivity index is 1.72. The maximum absolute atomic E-state index is 5.97. The number of hydrogen-bond acceptors (Lipinski definition) is 4. The largest absolute Gasteiger partial charge is 0.309 e. The molecule has 0 bridgehead atoms. The van der Waals surface area contributed by atoms with E-state index in [0.29, 0.717) is 17.6 Å². The molecule has 0 amide bonds. The van der Waals surface area contributed by atoms with Crippen molar-refractivity contribution in [3.63, 3.8) is 0 Å². The molecule has 3 rings (SSSR count). The van der Waals surface area contributed by atoms with E-state index in [1.54, 1.807) is 4.68 Å². The second-order valence-electron chi connectivity index (χ2n) is 5.29. The summed E-state index contributed by atoms with van der Waals surface area (Å²) in [6.45, 7) is 5.52. The molecule has 0 saturated heterocycles. The van der Waals surface area contributed by atoms with E-state index < -0.39 is 0 Å². The number of nitrogens with one attached hydrogen (secondary N) is 1. The van der Waals surface area contributed by atoms with E-state index in [9.17, 15) is 0 Å². The molecule has 0 aromatic carbocycles. The average molecular weight is 305 g/mol. The van der Waals surface area contributed by atoms with E-state index in [1.807, 2.05) is 35.1 Å². The quantitative estimate of drug-likeness (QED) is 0.784. The van der Waals surface area contributed by atoms with Gasteiger partial charge < -0.3 is 9.72 Å². The van der Waals surface area contributed by atoms with Gasteiger partial charge >= 0.3 is 0 Å². The lowest BCUT2D eigenvalue weighted by Gasteiger charge is -2.03. The van der Waals surface area contributed by atoms with Crippen molar-refractivity contribution in [2.75, 3.05) is 0 Å². The van der Waals surface area contributed by atoms with Crippen molar-refractivity contribution in [2.24, 2.45) is 0 Å². The van der Waals surface area contributed by atoms with Crippen LogP contribution in [0.15, 0.2) is 30.7 Å². The first-order valence-corrected chi connectivity index (χ1v) is 7.23. The highest BCUT2D eigenvalue weighted by molar-refractivity contribution is 6.30. The van der Waals surface area contributed by atoms with Crippen molar-refractivity contribution in [1.29, 1.82) is 0 Å². The van der Waals surface area contributed by atoms with Gasteiger partial charge in [0.15, 0.2) is 0 Å². The molecule has 0 atom stereocenters. The minimum absolute atomic E-state index is 0.429. The van der Waals surface area contributed by atoms with Gasteiger partial charge in [-0.1, -0.05) is 30.7 Å². The van der Waals surface area contributed by atoms with Crippen LogP contribution in [0.2, 0.25) is 5.02 Å². The Morgan fingerprint density at radius 2 is 2.05 bits per heavy atom. The average Bonchev–Trinajstić information content (AvgIpc) is 3.02. The molecular weight excluding hydrogens is 288 g/mol. The number of nitrogens with zero attached hydrogens (tertiary/aromatic N) is 5. The molecule has 0 aliphatic heterocycles. The van der Waals surface area contributed by atoms with Crippen LogP contribution < -0.4 is 5.32 Å². The topological polar surface area (TPSA) is 60.0 Å². The Labute approximate surface area is 127 Å². The van der Waals surface area contributed by atoms with Crippen LogP contribution in [0.4, 0.5) is 0 Å². The number of pyridine rings is 1. The van der Waals surface area contributed by atoms with E-state index in [2.05, 4.69) is 34.5 Å². The van der Waals surface area contributed by atoms with Crippen molar-refractivity contribution in [3.05, 3.63) is 47.1 Å². The van der Waals surface area contributed by atoms with Crippen molar-refractivity contribution in [2.45, 2.75) is 33.0 Å². The summed E-state index contributed by atoms with van der Waals surface area (Å²) < 4.78 is 3.70. The first kappa shape index (κ1) is 14.0. The molecule has 110 valence electrons. The zero-order valence-electron chi connectivity index (χ0n) is 12.0. The van der Waals surface area contributed by atoms with E-state index in [4.69, 9.17) is 11.6 Å². The van der Waals surface area contributed by atoms with E-state index in [1.165, 1.54) is 0 Å². The summed E-state index contributed by atoms with van der Waals surface area (Å²) >= 11 is 5.97. The van der Waals surface area contributed by atoms with Crippen molar-refractivity contribution in [3.8, 4) is 0 Å². The van der Waals surface area contributed by atoms with Gasteiger partial charge in [0.25, 0.3) is 0 Å². The molecule has 0 radical (unpaired) electrons. The second kappa shape index (κ2) is 5.83. The first-order chi connectivity index (χ1) is 10.1. The summed E-state index contributed by atoms with van der Waals surface area (Å²) in [7, 11) is 0. The molecule has 0 aliphatic rings. The predicted octanol–water partition coefficient (Wildman–Crippen LogP) is 2.13. The number of fused-ring (bicyclic) bond motifs is 1. The zero-order chi connectivity index (χ0) is 14.8. The number of imidazole rings is 1. The van der Waals surface area contributed by atoms with Gasteiger partial charge in [-0.3, -0.25) is 0 Å². The molecule has 21 heavy (non-hydrogen) atoms. The van der Waals surface area contributed by atoms with Crippen molar-refractivity contribution >= 4 is 17.2 Å². The molecule has 3 aromatic heterocycles. The number of hydrogen-bond donors (Lipinski definition) is 1. The minimum Gasteiger partial charge on any atom is -0.309 e. The van der Waals surface area contributed by atoms with Crippen molar-refractivity contribution < 1.29 is 0 Å². The third kappa shape index (κ3) is 3.40. The van der Waals surface area contributed by atoms with Crippen LogP contribution >= 0.6 is 11.6 Å². The summed E-state index contributed by atoms with van der Waals surface area (Å²) in [5, 5.41) is 12.3.